The summed E-state index contributed by atoms with van der Waals surface area (Å²) in [5.41, 5.74) is 1.66. The summed E-state index contributed by atoms with van der Waals surface area (Å²) in [5, 5.41) is 6.05. The van der Waals surface area contributed by atoms with Gasteiger partial charge in [-0.05, 0) is 50.1 Å². The van der Waals surface area contributed by atoms with Crippen molar-refractivity contribution in [3.63, 3.8) is 0 Å². The SMILES string of the molecule is Cc1ccc(Oc2cccc(C(=O)NC3CO[C@@H]4[C@@H](NC(=O)C5CC5)CO[C@H]34)c2)cc1. The van der Waals surface area contributed by atoms with Crippen molar-refractivity contribution < 1.29 is 23.8 Å². The summed E-state index contributed by atoms with van der Waals surface area (Å²) < 4.78 is 17.6. The second kappa shape index (κ2) is 8.32. The maximum atomic E-state index is 12.8. The fourth-order valence-electron chi connectivity index (χ4n) is 4.09. The monoisotopic (exact) mass is 422 g/mol. The van der Waals surface area contributed by atoms with Crippen molar-refractivity contribution >= 4 is 11.8 Å². The van der Waals surface area contributed by atoms with Gasteiger partial charge in [-0.1, -0.05) is 23.8 Å². The number of rotatable bonds is 6. The molecule has 0 aromatic heterocycles. The highest BCUT2D eigenvalue weighted by Crippen LogP contribution is 2.31. The molecule has 31 heavy (non-hydrogen) atoms. The fraction of sp³-hybridized carbons (Fsp3) is 0.417. The molecule has 2 aromatic carbocycles. The normalized spacial score (nSPS) is 26.9. The largest absolute Gasteiger partial charge is 0.457 e. The van der Waals surface area contributed by atoms with Crippen molar-refractivity contribution in [2.75, 3.05) is 13.2 Å². The predicted molar refractivity (Wildman–Crippen MR) is 113 cm³/mol. The van der Waals surface area contributed by atoms with Crippen LogP contribution in [0.2, 0.25) is 0 Å². The van der Waals surface area contributed by atoms with Gasteiger partial charge in [0, 0.05) is 11.5 Å². The zero-order chi connectivity index (χ0) is 21.4. The number of fused-ring (bicyclic) bond motifs is 1. The Labute approximate surface area is 181 Å². The van der Waals surface area contributed by atoms with Crippen molar-refractivity contribution in [1.82, 2.24) is 10.6 Å². The maximum Gasteiger partial charge on any atom is 0.251 e. The minimum Gasteiger partial charge on any atom is -0.457 e. The molecule has 5 rings (SSSR count). The zero-order valence-corrected chi connectivity index (χ0v) is 17.4. The Kier molecular flexibility index (Phi) is 5.38. The number of carbonyl (C=O) groups is 2. The molecule has 162 valence electrons. The lowest BCUT2D eigenvalue weighted by molar-refractivity contribution is -0.123. The summed E-state index contributed by atoms with van der Waals surface area (Å²) in [5.74, 6) is 1.32. The van der Waals surface area contributed by atoms with Crippen molar-refractivity contribution in [2.24, 2.45) is 5.92 Å². The van der Waals surface area contributed by atoms with Gasteiger partial charge in [0.15, 0.2) is 0 Å². The van der Waals surface area contributed by atoms with E-state index < -0.39 is 0 Å². The number of ether oxygens (including phenoxy) is 3. The lowest BCUT2D eigenvalue weighted by atomic mass is 10.1. The van der Waals surface area contributed by atoms with Gasteiger partial charge in [-0.3, -0.25) is 9.59 Å². The van der Waals surface area contributed by atoms with Crippen LogP contribution in [0.4, 0.5) is 0 Å². The molecule has 4 atom stereocenters. The Morgan fingerprint density at radius 1 is 0.903 bits per heavy atom. The molecular formula is C24H26N2O5. The number of benzene rings is 2. The first-order chi connectivity index (χ1) is 15.1. The van der Waals surface area contributed by atoms with Gasteiger partial charge in [0.25, 0.3) is 5.91 Å². The highest BCUT2D eigenvalue weighted by molar-refractivity contribution is 5.94. The Morgan fingerprint density at radius 2 is 1.58 bits per heavy atom. The van der Waals surface area contributed by atoms with E-state index >= 15 is 0 Å². The van der Waals surface area contributed by atoms with E-state index in [0.29, 0.717) is 30.3 Å². The third-order valence-electron chi connectivity index (χ3n) is 6.00. The number of carbonyl (C=O) groups excluding carboxylic acids is 2. The molecule has 0 radical (unpaired) electrons. The molecule has 7 nitrogen and oxygen atoms in total. The molecule has 3 fully saturated rings. The molecule has 0 bridgehead atoms. The van der Waals surface area contributed by atoms with Crippen LogP contribution in [-0.2, 0) is 14.3 Å². The molecule has 2 saturated heterocycles. The Hall–Kier alpha value is -2.90. The van der Waals surface area contributed by atoms with E-state index in [2.05, 4.69) is 10.6 Å². The van der Waals surface area contributed by atoms with Crippen molar-refractivity contribution in [3.8, 4) is 11.5 Å². The van der Waals surface area contributed by atoms with Crippen molar-refractivity contribution in [1.29, 1.82) is 0 Å². The summed E-state index contributed by atoms with van der Waals surface area (Å²) in [6.07, 6.45) is 1.42. The average Bonchev–Trinajstić information content (AvgIpc) is 3.45. The van der Waals surface area contributed by atoms with E-state index in [1.807, 2.05) is 37.3 Å². The second-order valence-electron chi connectivity index (χ2n) is 8.51. The van der Waals surface area contributed by atoms with Gasteiger partial charge in [-0.25, -0.2) is 0 Å². The third-order valence-corrected chi connectivity index (χ3v) is 6.00. The first kappa shape index (κ1) is 20.0. The lowest BCUT2D eigenvalue weighted by Crippen LogP contribution is -2.47. The van der Waals surface area contributed by atoms with Crippen LogP contribution in [-0.4, -0.2) is 49.3 Å². The molecule has 1 unspecified atom stereocenters. The van der Waals surface area contributed by atoms with Crippen LogP contribution < -0.4 is 15.4 Å². The first-order valence-electron chi connectivity index (χ1n) is 10.8. The topological polar surface area (TPSA) is 85.9 Å². The van der Waals surface area contributed by atoms with Gasteiger partial charge >= 0.3 is 0 Å². The molecule has 2 aliphatic heterocycles. The van der Waals surface area contributed by atoms with E-state index in [1.165, 1.54) is 0 Å². The van der Waals surface area contributed by atoms with Gasteiger partial charge in [0.2, 0.25) is 5.91 Å². The molecular weight excluding hydrogens is 396 g/mol. The number of hydrogen-bond acceptors (Lipinski definition) is 5. The van der Waals surface area contributed by atoms with Crippen LogP contribution >= 0.6 is 0 Å². The van der Waals surface area contributed by atoms with E-state index in [1.54, 1.807) is 18.2 Å². The van der Waals surface area contributed by atoms with Crippen LogP contribution in [0.1, 0.15) is 28.8 Å². The van der Waals surface area contributed by atoms with E-state index in [-0.39, 0.29) is 42.0 Å². The molecule has 1 aliphatic carbocycles. The van der Waals surface area contributed by atoms with Crippen LogP contribution in [0.25, 0.3) is 0 Å². The van der Waals surface area contributed by atoms with Crippen LogP contribution in [0.3, 0.4) is 0 Å². The second-order valence-corrected chi connectivity index (χ2v) is 8.51. The Morgan fingerprint density at radius 3 is 2.26 bits per heavy atom. The minimum atomic E-state index is -0.263. The third kappa shape index (κ3) is 4.43. The molecule has 2 heterocycles. The van der Waals surface area contributed by atoms with Gasteiger partial charge in [0.05, 0.1) is 25.3 Å². The van der Waals surface area contributed by atoms with Crippen molar-refractivity contribution in [2.45, 2.75) is 44.1 Å². The smallest absolute Gasteiger partial charge is 0.251 e. The lowest BCUT2D eigenvalue weighted by Gasteiger charge is -2.18. The van der Waals surface area contributed by atoms with Gasteiger partial charge < -0.3 is 24.8 Å². The Balaban J connectivity index is 1.19. The Bertz CT molecular complexity index is 972. The van der Waals surface area contributed by atoms with Crippen molar-refractivity contribution in [3.05, 3.63) is 59.7 Å². The van der Waals surface area contributed by atoms with Crippen LogP contribution in [0.15, 0.2) is 48.5 Å². The standard InChI is InChI=1S/C24H26N2O5/c1-14-5-9-17(10-6-14)31-18-4-2-3-16(11-18)24(28)26-20-13-30-21-19(12-29-22(20)21)25-23(27)15-7-8-15/h2-6,9-11,15,19-22H,7-8,12-13H2,1H3,(H,25,27)(H,26,28)/t19-,20?,21+,22+/m0/s1. The van der Waals surface area contributed by atoms with Gasteiger partial charge in [-0.15, -0.1) is 0 Å². The van der Waals surface area contributed by atoms with E-state index in [0.717, 1.165) is 18.4 Å². The number of amides is 2. The van der Waals surface area contributed by atoms with Crippen LogP contribution in [0.5, 0.6) is 11.5 Å². The van der Waals surface area contributed by atoms with E-state index in [9.17, 15) is 9.59 Å². The highest BCUT2D eigenvalue weighted by atomic mass is 16.6. The van der Waals surface area contributed by atoms with E-state index in [4.69, 9.17) is 14.2 Å². The zero-order valence-electron chi connectivity index (χ0n) is 17.4. The first-order valence-corrected chi connectivity index (χ1v) is 10.8. The molecule has 1 saturated carbocycles. The van der Waals surface area contributed by atoms with Gasteiger partial charge in [0.1, 0.15) is 23.7 Å². The number of nitrogens with one attached hydrogen (secondary N) is 2. The summed E-state index contributed by atoms with van der Waals surface area (Å²) in [4.78, 5) is 24.9. The molecule has 0 spiro atoms. The number of aryl methyl sites for hydroxylation is 1. The fourth-order valence-corrected chi connectivity index (χ4v) is 4.09. The summed E-state index contributed by atoms with van der Waals surface area (Å²) >= 11 is 0. The molecule has 7 heteroatoms. The summed E-state index contributed by atoms with van der Waals surface area (Å²) in [6, 6.07) is 14.4. The van der Waals surface area contributed by atoms with Crippen LogP contribution in [0, 0.1) is 12.8 Å². The molecule has 3 aliphatic rings. The summed E-state index contributed by atoms with van der Waals surface area (Å²) in [7, 11) is 0. The molecule has 2 amide bonds. The quantitative estimate of drug-likeness (QED) is 0.747. The van der Waals surface area contributed by atoms with Gasteiger partial charge in [-0.2, -0.15) is 0 Å². The highest BCUT2D eigenvalue weighted by Gasteiger charge is 2.49. The average molecular weight is 422 g/mol. The molecule has 2 aromatic rings. The minimum absolute atomic E-state index is 0.0794. The number of hydrogen-bond donors (Lipinski definition) is 2. The molecule has 2 N–H and O–H groups in total. The summed E-state index contributed by atoms with van der Waals surface area (Å²) in [6.45, 7) is 2.78. The maximum absolute atomic E-state index is 12.8. The predicted octanol–water partition coefficient (Wildman–Crippen LogP) is 2.58.